The molecule has 1 nitrogen and oxygen atoms in total. The first-order valence-corrected chi connectivity index (χ1v) is 5.97. The molecular weight excluding hydrogens is 170 g/mol. The Labute approximate surface area is 89.5 Å². The third-order valence-corrected chi connectivity index (χ3v) is 4.64. The second-order valence-electron chi connectivity index (χ2n) is 6.56. The highest BCUT2D eigenvalue weighted by Gasteiger charge is 2.66. The van der Waals surface area contributed by atoms with Gasteiger partial charge in [0.15, 0.2) is 0 Å². The Morgan fingerprint density at radius 1 is 1.00 bits per heavy atom. The molecule has 1 fully saturated rings. The van der Waals surface area contributed by atoms with Crippen molar-refractivity contribution in [2.45, 2.75) is 60.4 Å². The molecule has 0 aromatic heterocycles. The summed E-state index contributed by atoms with van der Waals surface area (Å²) in [6, 6.07) is 0.405. The first-order chi connectivity index (χ1) is 6.21. The zero-order valence-electron chi connectivity index (χ0n) is 10.7. The van der Waals surface area contributed by atoms with Crippen LogP contribution in [0.5, 0.6) is 0 Å². The molecule has 2 N–H and O–H groups in total. The van der Waals surface area contributed by atoms with Crippen molar-refractivity contribution in [2.24, 2.45) is 28.4 Å². The topological polar surface area (TPSA) is 26.0 Å². The van der Waals surface area contributed by atoms with Gasteiger partial charge in [-0.25, -0.2) is 0 Å². The molecule has 0 bridgehead atoms. The summed E-state index contributed by atoms with van der Waals surface area (Å²) in [5.74, 6) is 1.50. The van der Waals surface area contributed by atoms with Crippen molar-refractivity contribution >= 4 is 0 Å². The van der Waals surface area contributed by atoms with E-state index in [4.69, 9.17) is 5.73 Å². The SMILES string of the molecule is CC(C)CCC(N)C1C(C)(C)C1(C)C. The summed E-state index contributed by atoms with van der Waals surface area (Å²) in [5, 5.41) is 0. The van der Waals surface area contributed by atoms with Gasteiger partial charge in [0.2, 0.25) is 0 Å². The molecule has 0 heterocycles. The van der Waals surface area contributed by atoms with E-state index in [2.05, 4.69) is 41.5 Å². The first kappa shape index (κ1) is 12.0. The van der Waals surface area contributed by atoms with E-state index in [1.54, 1.807) is 0 Å². The molecular formula is C13H27N. The van der Waals surface area contributed by atoms with E-state index in [0.29, 0.717) is 22.8 Å². The minimum atomic E-state index is 0.405. The van der Waals surface area contributed by atoms with Gasteiger partial charge in [0.1, 0.15) is 0 Å². The van der Waals surface area contributed by atoms with E-state index in [1.807, 2.05) is 0 Å². The average molecular weight is 197 g/mol. The largest absolute Gasteiger partial charge is 0.327 e. The van der Waals surface area contributed by atoms with E-state index in [1.165, 1.54) is 12.8 Å². The van der Waals surface area contributed by atoms with Gasteiger partial charge in [-0.15, -0.1) is 0 Å². The molecule has 1 heteroatoms. The molecule has 0 aromatic rings. The van der Waals surface area contributed by atoms with Crippen molar-refractivity contribution in [2.75, 3.05) is 0 Å². The molecule has 0 amide bonds. The maximum absolute atomic E-state index is 6.28. The molecule has 0 spiro atoms. The maximum Gasteiger partial charge on any atom is 0.00778 e. The van der Waals surface area contributed by atoms with Crippen LogP contribution in [0.2, 0.25) is 0 Å². The van der Waals surface area contributed by atoms with Gasteiger partial charge in [-0.2, -0.15) is 0 Å². The molecule has 0 aliphatic heterocycles. The van der Waals surface area contributed by atoms with Crippen molar-refractivity contribution in [1.82, 2.24) is 0 Å². The number of nitrogens with two attached hydrogens (primary N) is 1. The van der Waals surface area contributed by atoms with Crippen LogP contribution in [0, 0.1) is 22.7 Å². The quantitative estimate of drug-likeness (QED) is 0.734. The summed E-state index contributed by atoms with van der Waals surface area (Å²) in [6.07, 6.45) is 2.46. The fraction of sp³-hybridized carbons (Fsp3) is 1.00. The zero-order valence-corrected chi connectivity index (χ0v) is 10.7. The van der Waals surface area contributed by atoms with Gasteiger partial charge in [-0.05, 0) is 35.5 Å². The van der Waals surface area contributed by atoms with Crippen LogP contribution in [0.15, 0.2) is 0 Å². The van der Waals surface area contributed by atoms with Crippen LogP contribution in [0.4, 0.5) is 0 Å². The third-order valence-electron chi connectivity index (χ3n) is 4.64. The number of hydrogen-bond acceptors (Lipinski definition) is 1. The molecule has 1 aliphatic rings. The lowest BCUT2D eigenvalue weighted by atomic mass is 9.97. The fourth-order valence-corrected chi connectivity index (χ4v) is 3.01. The molecule has 14 heavy (non-hydrogen) atoms. The normalized spacial score (nSPS) is 26.6. The fourth-order valence-electron chi connectivity index (χ4n) is 3.01. The van der Waals surface area contributed by atoms with Gasteiger partial charge in [0.25, 0.3) is 0 Å². The summed E-state index contributed by atoms with van der Waals surface area (Å²) in [5.41, 5.74) is 7.17. The Morgan fingerprint density at radius 3 is 1.71 bits per heavy atom. The van der Waals surface area contributed by atoms with E-state index < -0.39 is 0 Å². The average Bonchev–Trinajstić information content (AvgIpc) is 2.39. The highest BCUT2D eigenvalue weighted by atomic mass is 14.8. The Balaban J connectivity index is 2.45. The smallest absolute Gasteiger partial charge is 0.00778 e. The van der Waals surface area contributed by atoms with Crippen LogP contribution in [0.3, 0.4) is 0 Å². The van der Waals surface area contributed by atoms with Crippen LogP contribution in [-0.4, -0.2) is 6.04 Å². The van der Waals surface area contributed by atoms with Gasteiger partial charge >= 0.3 is 0 Å². The van der Waals surface area contributed by atoms with Crippen LogP contribution < -0.4 is 5.73 Å². The van der Waals surface area contributed by atoms with Crippen molar-refractivity contribution in [3.8, 4) is 0 Å². The van der Waals surface area contributed by atoms with Crippen molar-refractivity contribution in [1.29, 1.82) is 0 Å². The van der Waals surface area contributed by atoms with E-state index >= 15 is 0 Å². The summed E-state index contributed by atoms with van der Waals surface area (Å²) in [7, 11) is 0. The maximum atomic E-state index is 6.28. The summed E-state index contributed by atoms with van der Waals surface area (Å²) < 4.78 is 0. The van der Waals surface area contributed by atoms with E-state index in [-0.39, 0.29) is 0 Å². The molecule has 1 atom stereocenters. The monoisotopic (exact) mass is 197 g/mol. The Bertz CT molecular complexity index is 189. The van der Waals surface area contributed by atoms with Gasteiger partial charge in [-0.3, -0.25) is 0 Å². The number of hydrogen-bond donors (Lipinski definition) is 1. The predicted molar refractivity (Wildman–Crippen MR) is 63.1 cm³/mol. The van der Waals surface area contributed by atoms with E-state index in [0.717, 1.165) is 5.92 Å². The van der Waals surface area contributed by atoms with Gasteiger partial charge in [0, 0.05) is 6.04 Å². The van der Waals surface area contributed by atoms with E-state index in [9.17, 15) is 0 Å². The standard InChI is InChI=1S/C13H27N/c1-9(2)7-8-10(14)11-12(3,4)13(11,5)6/h9-11H,7-8,14H2,1-6H3. The molecule has 1 saturated carbocycles. The molecule has 0 aromatic carbocycles. The zero-order chi connectivity index (χ0) is 11.1. The Morgan fingerprint density at radius 2 is 1.43 bits per heavy atom. The van der Waals surface area contributed by atoms with Crippen molar-refractivity contribution in [3.05, 3.63) is 0 Å². The minimum Gasteiger partial charge on any atom is -0.327 e. The highest BCUT2D eigenvalue weighted by molar-refractivity contribution is 5.15. The Kier molecular flexibility index (Phi) is 3.02. The molecule has 0 saturated heterocycles. The molecule has 1 rings (SSSR count). The van der Waals surface area contributed by atoms with Crippen LogP contribution in [0.25, 0.3) is 0 Å². The molecule has 0 radical (unpaired) electrons. The highest BCUT2D eigenvalue weighted by Crippen LogP contribution is 2.69. The second kappa shape index (κ2) is 3.52. The minimum absolute atomic E-state index is 0.405. The van der Waals surface area contributed by atoms with Gasteiger partial charge in [0.05, 0.1) is 0 Å². The van der Waals surface area contributed by atoms with Gasteiger partial charge < -0.3 is 5.73 Å². The van der Waals surface area contributed by atoms with Crippen LogP contribution >= 0.6 is 0 Å². The molecule has 1 unspecified atom stereocenters. The summed E-state index contributed by atoms with van der Waals surface area (Å²) >= 11 is 0. The molecule has 84 valence electrons. The summed E-state index contributed by atoms with van der Waals surface area (Å²) in [6.45, 7) is 14.0. The predicted octanol–water partition coefficient (Wildman–Crippen LogP) is 3.43. The summed E-state index contributed by atoms with van der Waals surface area (Å²) in [4.78, 5) is 0. The Hall–Kier alpha value is -0.0400. The lowest BCUT2D eigenvalue weighted by Crippen LogP contribution is -2.26. The lowest BCUT2D eigenvalue weighted by Gasteiger charge is -2.15. The third kappa shape index (κ3) is 1.84. The van der Waals surface area contributed by atoms with Crippen molar-refractivity contribution < 1.29 is 0 Å². The van der Waals surface area contributed by atoms with Crippen LogP contribution in [-0.2, 0) is 0 Å². The second-order valence-corrected chi connectivity index (χ2v) is 6.56. The van der Waals surface area contributed by atoms with Gasteiger partial charge in [-0.1, -0.05) is 41.5 Å². The lowest BCUT2D eigenvalue weighted by molar-refractivity contribution is 0.415. The van der Waals surface area contributed by atoms with Crippen molar-refractivity contribution in [3.63, 3.8) is 0 Å². The van der Waals surface area contributed by atoms with Crippen LogP contribution in [0.1, 0.15) is 54.4 Å². The first-order valence-electron chi connectivity index (χ1n) is 5.97. The molecule has 1 aliphatic carbocycles. The number of rotatable bonds is 4.